The van der Waals surface area contributed by atoms with E-state index < -0.39 is 0 Å². The fourth-order valence-electron chi connectivity index (χ4n) is 2.31. The predicted molar refractivity (Wildman–Crippen MR) is 105 cm³/mol. The maximum Gasteiger partial charge on any atom is 0.338 e. The number of esters is 1. The number of nitrogens with one attached hydrogen (secondary N) is 1. The number of aromatic nitrogens is 4. The molecule has 0 atom stereocenters. The summed E-state index contributed by atoms with van der Waals surface area (Å²) in [6.45, 7) is 2.06. The largest absolute Gasteiger partial charge is 0.462 e. The lowest BCUT2D eigenvalue weighted by molar-refractivity contribution is -0.113. The maximum atomic E-state index is 12.0. The summed E-state index contributed by atoms with van der Waals surface area (Å²) < 4.78 is 6.26. The van der Waals surface area contributed by atoms with Crippen LogP contribution in [0.25, 0.3) is 11.4 Å². The van der Waals surface area contributed by atoms with Crippen molar-refractivity contribution in [2.75, 3.05) is 23.5 Å². The fourth-order valence-corrected chi connectivity index (χ4v) is 2.96. The third-order valence-corrected chi connectivity index (χ3v) is 4.54. The Morgan fingerprint density at radius 3 is 2.68 bits per heavy atom. The van der Waals surface area contributed by atoms with Gasteiger partial charge >= 0.3 is 5.97 Å². The number of pyridine rings is 1. The lowest BCUT2D eigenvalue weighted by Crippen LogP contribution is -2.16. The summed E-state index contributed by atoms with van der Waals surface area (Å²) in [5.74, 6) is 6.00. The maximum absolute atomic E-state index is 12.0. The van der Waals surface area contributed by atoms with E-state index in [1.165, 1.54) is 4.68 Å². The van der Waals surface area contributed by atoms with Crippen LogP contribution in [0, 0.1) is 0 Å². The molecule has 1 aromatic carbocycles. The van der Waals surface area contributed by atoms with Crippen LogP contribution < -0.4 is 11.2 Å². The van der Waals surface area contributed by atoms with E-state index in [1.807, 2.05) is 0 Å². The van der Waals surface area contributed by atoms with Crippen LogP contribution in [0.1, 0.15) is 17.3 Å². The number of thioether (sulfide) groups is 1. The van der Waals surface area contributed by atoms with Gasteiger partial charge in [0.25, 0.3) is 0 Å². The number of nitrogens with two attached hydrogens (primary N) is 1. The zero-order chi connectivity index (χ0) is 19.9. The van der Waals surface area contributed by atoms with Crippen molar-refractivity contribution in [2.24, 2.45) is 0 Å². The van der Waals surface area contributed by atoms with Crippen LogP contribution >= 0.6 is 11.8 Å². The SMILES string of the molecule is CCOC(=O)c1ccc(-c2nnc(SCC(=O)Nc3cccnc3)n2N)cc1. The molecule has 144 valence electrons. The van der Waals surface area contributed by atoms with E-state index in [1.54, 1.807) is 55.7 Å². The summed E-state index contributed by atoms with van der Waals surface area (Å²) in [5.41, 5.74) is 1.75. The first-order valence-corrected chi connectivity index (χ1v) is 9.37. The molecule has 0 aliphatic carbocycles. The number of anilines is 1. The molecular formula is C18H18N6O3S. The standard InChI is InChI=1S/C18H18N6O3S/c1-2-27-17(26)13-7-5-12(6-8-13)16-22-23-18(24(16)19)28-11-15(25)21-14-4-3-9-20-10-14/h3-10H,2,11,19H2,1H3,(H,21,25). The highest BCUT2D eigenvalue weighted by molar-refractivity contribution is 7.99. The molecule has 0 spiro atoms. The first kappa shape index (κ1) is 19.4. The summed E-state index contributed by atoms with van der Waals surface area (Å²) in [4.78, 5) is 27.7. The first-order chi connectivity index (χ1) is 13.6. The molecule has 0 fully saturated rings. The van der Waals surface area contributed by atoms with Gasteiger partial charge < -0.3 is 15.9 Å². The van der Waals surface area contributed by atoms with Crippen LogP contribution in [-0.4, -0.2) is 44.1 Å². The Morgan fingerprint density at radius 1 is 1.21 bits per heavy atom. The minimum absolute atomic E-state index is 0.117. The Kier molecular flexibility index (Phi) is 6.22. The molecule has 3 N–H and O–H groups in total. The molecule has 9 nitrogen and oxygen atoms in total. The van der Waals surface area contributed by atoms with Gasteiger partial charge in [-0.1, -0.05) is 23.9 Å². The average molecular weight is 398 g/mol. The quantitative estimate of drug-likeness (QED) is 0.351. The van der Waals surface area contributed by atoms with Gasteiger partial charge in [-0.05, 0) is 31.2 Å². The third kappa shape index (κ3) is 4.65. The summed E-state index contributed by atoms with van der Waals surface area (Å²) in [6.07, 6.45) is 3.19. The minimum atomic E-state index is -0.390. The highest BCUT2D eigenvalue weighted by atomic mass is 32.2. The molecule has 2 aromatic heterocycles. The predicted octanol–water partition coefficient (Wildman–Crippen LogP) is 1.96. The van der Waals surface area contributed by atoms with Gasteiger partial charge in [-0.15, -0.1) is 10.2 Å². The number of nitrogens with zero attached hydrogens (tertiary/aromatic N) is 4. The van der Waals surface area contributed by atoms with Gasteiger partial charge in [0, 0.05) is 11.8 Å². The van der Waals surface area contributed by atoms with Crippen molar-refractivity contribution in [3.8, 4) is 11.4 Å². The van der Waals surface area contributed by atoms with E-state index in [9.17, 15) is 9.59 Å². The van der Waals surface area contributed by atoms with Crippen molar-refractivity contribution in [3.63, 3.8) is 0 Å². The number of hydrogen-bond donors (Lipinski definition) is 2. The van der Waals surface area contributed by atoms with Crippen LogP contribution in [-0.2, 0) is 9.53 Å². The summed E-state index contributed by atoms with van der Waals surface area (Å²) in [7, 11) is 0. The Hall–Kier alpha value is -3.40. The van der Waals surface area contributed by atoms with Crippen LogP contribution in [0.3, 0.4) is 0 Å². The van der Waals surface area contributed by atoms with Crippen molar-refractivity contribution >= 4 is 29.3 Å². The molecule has 1 amide bonds. The second kappa shape index (κ2) is 9.00. The van der Waals surface area contributed by atoms with Gasteiger partial charge in [0.1, 0.15) is 0 Å². The minimum Gasteiger partial charge on any atom is -0.462 e. The van der Waals surface area contributed by atoms with Gasteiger partial charge in [-0.3, -0.25) is 9.78 Å². The molecular weight excluding hydrogens is 380 g/mol. The first-order valence-electron chi connectivity index (χ1n) is 8.39. The van der Waals surface area contributed by atoms with Crippen LogP contribution in [0.4, 0.5) is 5.69 Å². The monoisotopic (exact) mass is 398 g/mol. The van der Waals surface area contributed by atoms with Gasteiger partial charge in [-0.2, -0.15) is 0 Å². The zero-order valence-corrected chi connectivity index (χ0v) is 15.8. The van der Waals surface area contributed by atoms with E-state index in [2.05, 4.69) is 20.5 Å². The summed E-state index contributed by atoms with van der Waals surface area (Å²) >= 11 is 1.16. The molecule has 3 aromatic rings. The van der Waals surface area contributed by atoms with Crippen LogP contribution in [0.5, 0.6) is 0 Å². The van der Waals surface area contributed by atoms with Crippen LogP contribution in [0.15, 0.2) is 53.9 Å². The Balaban J connectivity index is 1.63. The smallest absolute Gasteiger partial charge is 0.338 e. The molecule has 0 aliphatic heterocycles. The number of carbonyl (C=O) groups is 2. The number of amides is 1. The molecule has 3 rings (SSSR count). The third-order valence-electron chi connectivity index (χ3n) is 3.60. The summed E-state index contributed by atoms with van der Waals surface area (Å²) in [5, 5.41) is 11.2. The second-order valence-corrected chi connectivity index (χ2v) is 6.50. The van der Waals surface area contributed by atoms with E-state index in [4.69, 9.17) is 10.6 Å². The Bertz CT molecular complexity index is 959. The van der Waals surface area contributed by atoms with Crippen molar-refractivity contribution in [3.05, 3.63) is 54.4 Å². The average Bonchev–Trinajstić information content (AvgIpc) is 3.08. The number of nitrogen functional groups attached to an aromatic ring is 1. The van der Waals surface area contributed by atoms with Crippen molar-refractivity contribution in [2.45, 2.75) is 12.1 Å². The highest BCUT2D eigenvalue weighted by Gasteiger charge is 2.15. The number of carbonyl (C=O) groups excluding carboxylic acids is 2. The summed E-state index contributed by atoms with van der Waals surface area (Å²) in [6, 6.07) is 10.2. The normalized spacial score (nSPS) is 10.5. The van der Waals surface area contributed by atoms with Crippen molar-refractivity contribution in [1.82, 2.24) is 19.9 Å². The fraction of sp³-hybridized carbons (Fsp3) is 0.167. The van der Waals surface area contributed by atoms with Crippen molar-refractivity contribution < 1.29 is 14.3 Å². The van der Waals surface area contributed by atoms with Gasteiger partial charge in [0.05, 0.1) is 29.8 Å². The van der Waals surface area contributed by atoms with E-state index in [-0.39, 0.29) is 17.6 Å². The van der Waals surface area contributed by atoms with Gasteiger partial charge in [0.2, 0.25) is 11.1 Å². The number of hydrogen-bond acceptors (Lipinski definition) is 8. The molecule has 0 bridgehead atoms. The van der Waals surface area contributed by atoms with Crippen LogP contribution in [0.2, 0.25) is 0 Å². The molecule has 0 radical (unpaired) electrons. The molecule has 0 saturated heterocycles. The molecule has 0 unspecified atom stereocenters. The van der Waals surface area contributed by atoms with E-state index in [0.29, 0.717) is 34.4 Å². The number of rotatable bonds is 7. The Labute approximate surface area is 165 Å². The number of ether oxygens (including phenoxy) is 1. The van der Waals surface area contributed by atoms with Gasteiger partial charge in [-0.25, -0.2) is 9.47 Å². The lowest BCUT2D eigenvalue weighted by Gasteiger charge is -2.06. The highest BCUT2D eigenvalue weighted by Crippen LogP contribution is 2.22. The van der Waals surface area contributed by atoms with Gasteiger partial charge in [0.15, 0.2) is 5.82 Å². The van der Waals surface area contributed by atoms with Crippen molar-refractivity contribution in [1.29, 1.82) is 0 Å². The molecule has 0 saturated carbocycles. The number of benzene rings is 1. The molecule has 2 heterocycles. The Morgan fingerprint density at radius 2 is 2.00 bits per heavy atom. The van der Waals surface area contributed by atoms with E-state index >= 15 is 0 Å². The lowest BCUT2D eigenvalue weighted by atomic mass is 10.1. The zero-order valence-electron chi connectivity index (χ0n) is 15.0. The molecule has 10 heteroatoms. The topological polar surface area (TPSA) is 125 Å². The molecule has 0 aliphatic rings. The molecule has 28 heavy (non-hydrogen) atoms. The van der Waals surface area contributed by atoms with E-state index in [0.717, 1.165) is 11.8 Å². The second-order valence-electron chi connectivity index (χ2n) is 5.55.